The SMILES string of the molecule is CCc1cc(N)c(N)c(F)c1I. The number of anilines is 2. The molecule has 1 rings (SSSR count). The summed E-state index contributed by atoms with van der Waals surface area (Å²) in [7, 11) is 0. The number of nitrogens with two attached hydrogens (primary N) is 2. The first-order valence-electron chi connectivity index (χ1n) is 3.59. The minimum Gasteiger partial charge on any atom is -0.397 e. The van der Waals surface area contributed by atoms with Crippen molar-refractivity contribution in [1.29, 1.82) is 0 Å². The van der Waals surface area contributed by atoms with Crippen molar-refractivity contribution in [3.8, 4) is 0 Å². The van der Waals surface area contributed by atoms with Crippen LogP contribution in [-0.2, 0) is 6.42 Å². The molecule has 0 aromatic heterocycles. The molecular weight excluding hydrogens is 270 g/mol. The first-order valence-corrected chi connectivity index (χ1v) is 4.67. The number of aryl methyl sites for hydroxylation is 1. The van der Waals surface area contributed by atoms with Gasteiger partial charge in [0.2, 0.25) is 0 Å². The highest BCUT2D eigenvalue weighted by molar-refractivity contribution is 14.1. The molecule has 0 aliphatic rings. The third kappa shape index (κ3) is 1.48. The van der Waals surface area contributed by atoms with Crippen LogP contribution >= 0.6 is 22.6 Å². The second-order valence-corrected chi connectivity index (χ2v) is 3.60. The fourth-order valence-corrected chi connectivity index (χ4v) is 1.80. The van der Waals surface area contributed by atoms with E-state index in [-0.39, 0.29) is 5.69 Å². The van der Waals surface area contributed by atoms with Crippen LogP contribution < -0.4 is 11.5 Å². The predicted molar refractivity (Wildman–Crippen MR) is 57.3 cm³/mol. The van der Waals surface area contributed by atoms with E-state index in [1.165, 1.54) is 0 Å². The van der Waals surface area contributed by atoms with Crippen LogP contribution in [0.2, 0.25) is 0 Å². The monoisotopic (exact) mass is 280 g/mol. The van der Waals surface area contributed by atoms with Crippen LogP contribution in [-0.4, -0.2) is 0 Å². The molecule has 0 heterocycles. The Morgan fingerprint density at radius 2 is 2.08 bits per heavy atom. The zero-order valence-electron chi connectivity index (χ0n) is 6.70. The van der Waals surface area contributed by atoms with Gasteiger partial charge in [-0.3, -0.25) is 0 Å². The molecule has 66 valence electrons. The predicted octanol–water partition coefficient (Wildman–Crippen LogP) is 2.16. The lowest BCUT2D eigenvalue weighted by atomic mass is 10.1. The van der Waals surface area contributed by atoms with Gasteiger partial charge in [-0.2, -0.15) is 0 Å². The van der Waals surface area contributed by atoms with Crippen molar-refractivity contribution < 1.29 is 4.39 Å². The summed E-state index contributed by atoms with van der Waals surface area (Å²) < 4.78 is 13.8. The van der Waals surface area contributed by atoms with Crippen molar-refractivity contribution in [3.63, 3.8) is 0 Å². The second kappa shape index (κ2) is 3.47. The summed E-state index contributed by atoms with van der Waals surface area (Å²) in [5, 5.41) is 0. The lowest BCUT2D eigenvalue weighted by Gasteiger charge is -2.07. The van der Waals surface area contributed by atoms with Crippen LogP contribution in [0.3, 0.4) is 0 Å². The molecule has 2 nitrogen and oxygen atoms in total. The zero-order valence-corrected chi connectivity index (χ0v) is 8.85. The quantitative estimate of drug-likeness (QED) is 0.611. The third-order valence-electron chi connectivity index (χ3n) is 1.73. The molecule has 1 aromatic carbocycles. The molecule has 0 bridgehead atoms. The smallest absolute Gasteiger partial charge is 0.161 e. The van der Waals surface area contributed by atoms with Gasteiger partial charge < -0.3 is 11.5 Å². The number of hydrogen-bond acceptors (Lipinski definition) is 2. The van der Waals surface area contributed by atoms with E-state index >= 15 is 0 Å². The number of halogens is 2. The lowest BCUT2D eigenvalue weighted by Crippen LogP contribution is -2.03. The van der Waals surface area contributed by atoms with E-state index in [9.17, 15) is 4.39 Å². The third-order valence-corrected chi connectivity index (χ3v) is 2.90. The van der Waals surface area contributed by atoms with Crippen molar-refractivity contribution in [2.45, 2.75) is 13.3 Å². The second-order valence-electron chi connectivity index (χ2n) is 2.52. The van der Waals surface area contributed by atoms with E-state index in [0.29, 0.717) is 9.26 Å². The van der Waals surface area contributed by atoms with Crippen LogP contribution in [0.4, 0.5) is 15.8 Å². The van der Waals surface area contributed by atoms with Gasteiger partial charge >= 0.3 is 0 Å². The summed E-state index contributed by atoms with van der Waals surface area (Å²) in [4.78, 5) is 0. The van der Waals surface area contributed by atoms with E-state index in [1.54, 1.807) is 6.07 Å². The summed E-state index contributed by atoms with van der Waals surface area (Å²) in [5.74, 6) is -0.396. The van der Waals surface area contributed by atoms with E-state index in [1.807, 2.05) is 29.5 Å². The van der Waals surface area contributed by atoms with Crippen LogP contribution in [0.5, 0.6) is 0 Å². The Morgan fingerprint density at radius 1 is 1.50 bits per heavy atom. The maximum atomic E-state index is 13.2. The Morgan fingerprint density at radius 3 is 2.58 bits per heavy atom. The molecule has 0 unspecified atom stereocenters. The average molecular weight is 280 g/mol. The molecule has 0 atom stereocenters. The van der Waals surface area contributed by atoms with Gasteiger partial charge in [0, 0.05) is 0 Å². The highest BCUT2D eigenvalue weighted by Crippen LogP contribution is 2.27. The molecule has 12 heavy (non-hydrogen) atoms. The number of hydrogen-bond donors (Lipinski definition) is 2. The molecule has 0 spiro atoms. The van der Waals surface area contributed by atoms with Gasteiger partial charge in [0.1, 0.15) is 0 Å². The van der Waals surface area contributed by atoms with Crippen molar-refractivity contribution in [2.75, 3.05) is 11.5 Å². The zero-order chi connectivity index (χ0) is 9.30. The summed E-state index contributed by atoms with van der Waals surface area (Å²) in [6.45, 7) is 1.95. The highest BCUT2D eigenvalue weighted by atomic mass is 127. The summed E-state index contributed by atoms with van der Waals surface area (Å²) in [5.41, 5.74) is 12.2. The van der Waals surface area contributed by atoms with Crippen molar-refractivity contribution in [3.05, 3.63) is 21.0 Å². The van der Waals surface area contributed by atoms with Gasteiger partial charge in [0.25, 0.3) is 0 Å². The minimum atomic E-state index is -0.396. The van der Waals surface area contributed by atoms with Gasteiger partial charge in [-0.1, -0.05) is 6.92 Å². The van der Waals surface area contributed by atoms with Crippen LogP contribution in [0.15, 0.2) is 6.07 Å². The summed E-state index contributed by atoms with van der Waals surface area (Å²) in [6, 6.07) is 1.72. The first-order chi connectivity index (χ1) is 5.57. The van der Waals surface area contributed by atoms with E-state index in [4.69, 9.17) is 11.5 Å². The normalized spacial score (nSPS) is 10.2. The maximum Gasteiger partial charge on any atom is 0.161 e. The number of nitrogen functional groups attached to an aromatic ring is 2. The van der Waals surface area contributed by atoms with Crippen LogP contribution in [0.1, 0.15) is 12.5 Å². The molecule has 1 aromatic rings. The molecule has 0 saturated carbocycles. The Hall–Kier alpha value is -0.520. The van der Waals surface area contributed by atoms with Crippen molar-refractivity contribution >= 4 is 34.0 Å². The standard InChI is InChI=1S/C8H10FIN2/c1-2-4-3-5(11)8(12)6(9)7(4)10/h3H,2,11-12H2,1H3. The Bertz CT molecular complexity index is 312. The van der Waals surface area contributed by atoms with Gasteiger partial charge in [0.05, 0.1) is 14.9 Å². The Balaban J connectivity index is 3.39. The van der Waals surface area contributed by atoms with Crippen LogP contribution in [0, 0.1) is 9.39 Å². The first kappa shape index (κ1) is 9.57. The maximum absolute atomic E-state index is 13.2. The van der Waals surface area contributed by atoms with E-state index in [2.05, 4.69) is 0 Å². The highest BCUT2D eigenvalue weighted by Gasteiger charge is 2.10. The van der Waals surface area contributed by atoms with Gasteiger partial charge in [0.15, 0.2) is 5.82 Å². The minimum absolute atomic E-state index is 0.0524. The van der Waals surface area contributed by atoms with Gasteiger partial charge in [-0.15, -0.1) is 0 Å². The molecule has 4 N–H and O–H groups in total. The van der Waals surface area contributed by atoms with E-state index < -0.39 is 5.82 Å². The fraction of sp³-hybridized carbons (Fsp3) is 0.250. The summed E-state index contributed by atoms with van der Waals surface area (Å²) >= 11 is 1.94. The molecular formula is C8H10FIN2. The largest absolute Gasteiger partial charge is 0.397 e. The molecule has 4 heteroatoms. The lowest BCUT2D eigenvalue weighted by molar-refractivity contribution is 0.623. The van der Waals surface area contributed by atoms with Crippen molar-refractivity contribution in [2.24, 2.45) is 0 Å². The molecule has 0 fully saturated rings. The molecule has 0 aliphatic heterocycles. The Labute approximate surface area is 84.3 Å². The average Bonchev–Trinajstić information content (AvgIpc) is 2.08. The molecule has 0 saturated heterocycles. The number of rotatable bonds is 1. The molecule has 0 aliphatic carbocycles. The molecule has 0 amide bonds. The molecule has 0 radical (unpaired) electrons. The van der Waals surface area contributed by atoms with Crippen LogP contribution in [0.25, 0.3) is 0 Å². The number of benzene rings is 1. The van der Waals surface area contributed by atoms with Crippen molar-refractivity contribution in [1.82, 2.24) is 0 Å². The van der Waals surface area contributed by atoms with Gasteiger partial charge in [-0.25, -0.2) is 4.39 Å². The fourth-order valence-electron chi connectivity index (χ4n) is 0.972. The summed E-state index contributed by atoms with van der Waals surface area (Å²) in [6.07, 6.45) is 0.764. The van der Waals surface area contributed by atoms with E-state index in [0.717, 1.165) is 12.0 Å². The van der Waals surface area contributed by atoms with Gasteiger partial charge in [-0.05, 0) is 40.6 Å². The Kier molecular flexibility index (Phi) is 2.76. The topological polar surface area (TPSA) is 52.0 Å².